The van der Waals surface area contributed by atoms with Gasteiger partial charge in [-0.1, -0.05) is 42.3 Å². The van der Waals surface area contributed by atoms with Gasteiger partial charge in [0.25, 0.3) is 0 Å². The van der Waals surface area contributed by atoms with E-state index in [0.29, 0.717) is 13.0 Å². The Hall–Kier alpha value is -2.18. The van der Waals surface area contributed by atoms with Gasteiger partial charge < -0.3 is 11.1 Å². The fourth-order valence-electron chi connectivity index (χ4n) is 3.66. The van der Waals surface area contributed by atoms with E-state index >= 15 is 0 Å². The van der Waals surface area contributed by atoms with E-state index in [1.807, 2.05) is 17.5 Å². The molecule has 2 amide bonds. The van der Waals surface area contributed by atoms with Crippen molar-refractivity contribution >= 4 is 23.2 Å². The molecule has 1 aliphatic heterocycles. The molecule has 144 valence electrons. The zero-order chi connectivity index (χ0) is 19.2. The first-order valence-electron chi connectivity index (χ1n) is 9.44. The van der Waals surface area contributed by atoms with Gasteiger partial charge in [-0.05, 0) is 43.3 Å². The van der Waals surface area contributed by atoms with Crippen LogP contribution in [0.15, 0.2) is 41.8 Å². The lowest BCUT2D eigenvalue weighted by atomic mass is 9.99. The third kappa shape index (κ3) is 5.40. The molecule has 5 nitrogen and oxygen atoms in total. The van der Waals surface area contributed by atoms with Crippen LogP contribution >= 0.6 is 11.3 Å². The molecule has 2 atom stereocenters. The Labute approximate surface area is 164 Å². The molecule has 6 heteroatoms. The van der Waals surface area contributed by atoms with Gasteiger partial charge in [-0.3, -0.25) is 14.5 Å². The summed E-state index contributed by atoms with van der Waals surface area (Å²) in [6, 6.07) is 12.2. The molecule has 0 aliphatic carbocycles. The van der Waals surface area contributed by atoms with E-state index in [0.717, 1.165) is 36.2 Å². The number of hydrogen-bond acceptors (Lipinski definition) is 4. The van der Waals surface area contributed by atoms with Gasteiger partial charge in [0.05, 0.1) is 12.6 Å². The third-order valence-corrected chi connectivity index (χ3v) is 6.01. The third-order valence-electron chi connectivity index (χ3n) is 5.08. The summed E-state index contributed by atoms with van der Waals surface area (Å²) >= 11 is 1.64. The smallest absolute Gasteiger partial charge is 0.234 e. The van der Waals surface area contributed by atoms with Crippen LogP contribution in [0.2, 0.25) is 0 Å². The van der Waals surface area contributed by atoms with Gasteiger partial charge in [0.1, 0.15) is 0 Å². The maximum absolute atomic E-state index is 12.8. The molecule has 1 aromatic carbocycles. The number of nitrogens with zero attached hydrogens (tertiary/aromatic N) is 1. The highest BCUT2D eigenvalue weighted by molar-refractivity contribution is 7.10. The quantitative estimate of drug-likeness (QED) is 0.769. The first-order chi connectivity index (χ1) is 13.0. The van der Waals surface area contributed by atoms with Crippen molar-refractivity contribution in [3.8, 4) is 0 Å². The van der Waals surface area contributed by atoms with E-state index in [-0.39, 0.29) is 23.9 Å². The number of piperidine rings is 1. The molecule has 0 radical (unpaired) electrons. The molecular weight excluding hydrogens is 358 g/mol. The maximum atomic E-state index is 12.8. The number of benzene rings is 1. The second-order valence-electron chi connectivity index (χ2n) is 7.22. The number of hydrogen-bond donors (Lipinski definition) is 2. The molecule has 3 rings (SSSR count). The number of nitrogens with one attached hydrogen (secondary N) is 1. The number of thiophene rings is 1. The van der Waals surface area contributed by atoms with Gasteiger partial charge >= 0.3 is 0 Å². The average molecular weight is 386 g/mol. The van der Waals surface area contributed by atoms with Crippen molar-refractivity contribution in [2.45, 2.75) is 44.7 Å². The second kappa shape index (κ2) is 9.15. The number of likely N-dealkylation sites (tertiary alicyclic amines) is 1. The molecule has 3 N–H and O–H groups in total. The summed E-state index contributed by atoms with van der Waals surface area (Å²) in [5.41, 5.74) is 7.65. The van der Waals surface area contributed by atoms with Crippen molar-refractivity contribution in [2.24, 2.45) is 5.73 Å². The summed E-state index contributed by atoms with van der Waals surface area (Å²) in [5, 5.41) is 5.21. The van der Waals surface area contributed by atoms with E-state index in [9.17, 15) is 9.59 Å². The van der Waals surface area contributed by atoms with Gasteiger partial charge in [0, 0.05) is 17.3 Å². The molecule has 27 heavy (non-hydrogen) atoms. The van der Waals surface area contributed by atoms with Crippen LogP contribution < -0.4 is 11.1 Å². The Morgan fingerprint density at radius 2 is 2.04 bits per heavy atom. The predicted octanol–water partition coefficient (Wildman–Crippen LogP) is 2.99. The standard InChI is InChI=1S/C21H27N3O2S/c1-15-7-9-16(10-8-15)21(18-6-4-12-27-18)23-20(26)14-24-11-3-2-5-17(24)13-19(22)25/h4,6-10,12,17,21H,2-3,5,11,13-14H2,1H3,(H2,22,25)(H,23,26). The van der Waals surface area contributed by atoms with E-state index in [1.165, 1.54) is 5.56 Å². The van der Waals surface area contributed by atoms with E-state index in [2.05, 4.69) is 41.4 Å². The number of carbonyl (C=O) groups is 2. The van der Waals surface area contributed by atoms with Crippen LogP contribution in [0.1, 0.15) is 47.7 Å². The van der Waals surface area contributed by atoms with Crippen LogP contribution in [0, 0.1) is 6.92 Å². The van der Waals surface area contributed by atoms with Gasteiger partial charge in [-0.2, -0.15) is 0 Å². The zero-order valence-electron chi connectivity index (χ0n) is 15.7. The number of carbonyl (C=O) groups excluding carboxylic acids is 2. The zero-order valence-corrected chi connectivity index (χ0v) is 16.5. The second-order valence-corrected chi connectivity index (χ2v) is 8.20. The molecule has 0 saturated carbocycles. The monoisotopic (exact) mass is 385 g/mol. The molecular formula is C21H27N3O2S. The van der Waals surface area contributed by atoms with Crippen molar-refractivity contribution in [3.05, 3.63) is 57.8 Å². The van der Waals surface area contributed by atoms with Gasteiger partial charge in [0.2, 0.25) is 11.8 Å². The Balaban J connectivity index is 1.70. The van der Waals surface area contributed by atoms with Crippen LogP contribution in [0.5, 0.6) is 0 Å². The SMILES string of the molecule is Cc1ccc(C(NC(=O)CN2CCCCC2CC(N)=O)c2cccs2)cc1. The fourth-order valence-corrected chi connectivity index (χ4v) is 4.46. The maximum Gasteiger partial charge on any atom is 0.234 e. The molecule has 1 saturated heterocycles. The minimum Gasteiger partial charge on any atom is -0.370 e. The largest absolute Gasteiger partial charge is 0.370 e. The van der Waals surface area contributed by atoms with Crippen LogP contribution in [0.25, 0.3) is 0 Å². The van der Waals surface area contributed by atoms with Gasteiger partial charge in [-0.25, -0.2) is 0 Å². The summed E-state index contributed by atoms with van der Waals surface area (Å²) in [6.07, 6.45) is 3.37. The summed E-state index contributed by atoms with van der Waals surface area (Å²) in [4.78, 5) is 27.4. The molecule has 0 bridgehead atoms. The Bertz CT molecular complexity index is 758. The lowest BCUT2D eigenvalue weighted by Crippen LogP contribution is -2.47. The molecule has 2 heterocycles. The normalized spacial score (nSPS) is 18.8. The highest BCUT2D eigenvalue weighted by atomic mass is 32.1. The average Bonchev–Trinajstić information content (AvgIpc) is 3.16. The Kier molecular flexibility index (Phi) is 6.63. The molecule has 1 aliphatic rings. The van der Waals surface area contributed by atoms with Crippen molar-refractivity contribution in [3.63, 3.8) is 0 Å². The summed E-state index contributed by atoms with van der Waals surface area (Å²) in [7, 11) is 0. The molecule has 1 fully saturated rings. The number of nitrogens with two attached hydrogens (primary N) is 1. The van der Waals surface area contributed by atoms with E-state index in [1.54, 1.807) is 11.3 Å². The predicted molar refractivity (Wildman–Crippen MR) is 109 cm³/mol. The minimum atomic E-state index is -0.302. The minimum absolute atomic E-state index is 0.0228. The van der Waals surface area contributed by atoms with Crippen molar-refractivity contribution in [2.75, 3.05) is 13.1 Å². The van der Waals surface area contributed by atoms with E-state index in [4.69, 9.17) is 5.73 Å². The fraction of sp³-hybridized carbons (Fsp3) is 0.429. The lowest BCUT2D eigenvalue weighted by Gasteiger charge is -2.34. The van der Waals surface area contributed by atoms with Gasteiger partial charge in [0.15, 0.2) is 0 Å². The Morgan fingerprint density at radius 1 is 1.26 bits per heavy atom. The highest BCUT2D eigenvalue weighted by Crippen LogP contribution is 2.26. The molecule has 2 unspecified atom stereocenters. The summed E-state index contributed by atoms with van der Waals surface area (Å²) < 4.78 is 0. The molecule has 1 aromatic heterocycles. The molecule has 2 aromatic rings. The van der Waals surface area contributed by atoms with Crippen LogP contribution in [0.3, 0.4) is 0 Å². The number of rotatable bonds is 7. The number of amides is 2. The number of aryl methyl sites for hydroxylation is 1. The van der Waals surface area contributed by atoms with E-state index < -0.39 is 0 Å². The number of primary amides is 1. The van der Waals surface area contributed by atoms with Crippen molar-refractivity contribution < 1.29 is 9.59 Å². The summed E-state index contributed by atoms with van der Waals surface area (Å²) in [5.74, 6) is -0.325. The Morgan fingerprint density at radius 3 is 2.70 bits per heavy atom. The first kappa shape index (κ1) is 19.6. The van der Waals surface area contributed by atoms with Crippen LogP contribution in [0.4, 0.5) is 0 Å². The van der Waals surface area contributed by atoms with Crippen LogP contribution in [-0.2, 0) is 9.59 Å². The summed E-state index contributed by atoms with van der Waals surface area (Å²) in [6.45, 7) is 3.18. The first-order valence-corrected chi connectivity index (χ1v) is 10.3. The van der Waals surface area contributed by atoms with Crippen molar-refractivity contribution in [1.82, 2.24) is 10.2 Å². The van der Waals surface area contributed by atoms with Gasteiger partial charge in [-0.15, -0.1) is 11.3 Å². The van der Waals surface area contributed by atoms with Crippen LogP contribution in [-0.4, -0.2) is 35.8 Å². The van der Waals surface area contributed by atoms with Crippen molar-refractivity contribution in [1.29, 1.82) is 0 Å². The lowest BCUT2D eigenvalue weighted by molar-refractivity contribution is -0.125. The topological polar surface area (TPSA) is 75.4 Å². The highest BCUT2D eigenvalue weighted by Gasteiger charge is 2.27. The molecule has 0 spiro atoms.